The van der Waals surface area contributed by atoms with Gasteiger partial charge in [-0.05, 0) is 67.9 Å². The average Bonchev–Trinajstić information content (AvgIpc) is 3.20. The standard InChI is InChI=1S/C22H23FN4O/c23-18-7-5-9-20(15-18)27-13-10-21(25-27)22(28)24-19-8-4-6-17(14-19)16-26-11-2-1-3-12-26/h4-10,13-15H,1-3,11-12,16H2,(H,24,28). The van der Waals surface area contributed by atoms with Crippen LogP contribution in [0.3, 0.4) is 0 Å². The Hall–Kier alpha value is -2.99. The summed E-state index contributed by atoms with van der Waals surface area (Å²) in [5.41, 5.74) is 2.79. The normalized spacial score (nSPS) is 14.8. The van der Waals surface area contributed by atoms with Crippen LogP contribution in [-0.2, 0) is 6.54 Å². The second kappa shape index (κ2) is 8.35. The lowest BCUT2D eigenvalue weighted by Crippen LogP contribution is -2.29. The molecule has 28 heavy (non-hydrogen) atoms. The van der Waals surface area contributed by atoms with E-state index in [0.29, 0.717) is 5.69 Å². The smallest absolute Gasteiger partial charge is 0.276 e. The van der Waals surface area contributed by atoms with E-state index in [-0.39, 0.29) is 17.4 Å². The van der Waals surface area contributed by atoms with Crippen molar-refractivity contribution in [1.29, 1.82) is 0 Å². The summed E-state index contributed by atoms with van der Waals surface area (Å²) in [4.78, 5) is 15.0. The van der Waals surface area contributed by atoms with E-state index in [9.17, 15) is 9.18 Å². The Balaban J connectivity index is 1.43. The Labute approximate surface area is 163 Å². The fourth-order valence-electron chi connectivity index (χ4n) is 3.53. The molecule has 2 aromatic carbocycles. The van der Waals surface area contributed by atoms with E-state index >= 15 is 0 Å². The van der Waals surface area contributed by atoms with Crippen molar-refractivity contribution in [2.75, 3.05) is 18.4 Å². The molecule has 1 aromatic heterocycles. The molecule has 1 amide bonds. The minimum Gasteiger partial charge on any atom is -0.321 e. The molecule has 0 aliphatic carbocycles. The quantitative estimate of drug-likeness (QED) is 0.722. The number of piperidine rings is 1. The third kappa shape index (κ3) is 4.46. The topological polar surface area (TPSA) is 50.2 Å². The van der Waals surface area contributed by atoms with E-state index in [1.54, 1.807) is 24.4 Å². The predicted octanol–water partition coefficient (Wildman–Crippen LogP) is 4.25. The summed E-state index contributed by atoms with van der Waals surface area (Å²) < 4.78 is 14.9. The van der Waals surface area contributed by atoms with Crippen molar-refractivity contribution in [3.63, 3.8) is 0 Å². The van der Waals surface area contributed by atoms with Crippen LogP contribution in [0.5, 0.6) is 0 Å². The van der Waals surface area contributed by atoms with Gasteiger partial charge in [-0.25, -0.2) is 9.07 Å². The monoisotopic (exact) mass is 378 g/mol. The fraction of sp³-hybridized carbons (Fsp3) is 0.273. The van der Waals surface area contributed by atoms with E-state index in [2.05, 4.69) is 21.4 Å². The van der Waals surface area contributed by atoms with Gasteiger partial charge in [0.1, 0.15) is 5.82 Å². The molecule has 0 saturated carbocycles. The Bertz CT molecular complexity index is 962. The number of hydrogen-bond donors (Lipinski definition) is 1. The zero-order chi connectivity index (χ0) is 19.3. The van der Waals surface area contributed by atoms with E-state index in [4.69, 9.17) is 0 Å². The average molecular weight is 378 g/mol. The number of carbonyl (C=O) groups is 1. The molecule has 1 fully saturated rings. The molecule has 1 aliphatic rings. The van der Waals surface area contributed by atoms with Gasteiger partial charge in [0, 0.05) is 18.4 Å². The molecule has 0 atom stereocenters. The number of likely N-dealkylation sites (tertiary alicyclic amines) is 1. The third-order valence-electron chi connectivity index (χ3n) is 4.93. The molecule has 3 aromatic rings. The summed E-state index contributed by atoms with van der Waals surface area (Å²) in [6.07, 6.45) is 5.47. The minimum absolute atomic E-state index is 0.283. The maximum atomic E-state index is 13.4. The lowest BCUT2D eigenvalue weighted by molar-refractivity contribution is 0.102. The van der Waals surface area contributed by atoms with E-state index in [1.165, 1.54) is 41.6 Å². The van der Waals surface area contributed by atoms with Gasteiger partial charge in [0.15, 0.2) is 5.69 Å². The van der Waals surface area contributed by atoms with Gasteiger partial charge in [0.2, 0.25) is 0 Å². The Morgan fingerprint density at radius 2 is 1.86 bits per heavy atom. The highest BCUT2D eigenvalue weighted by Gasteiger charge is 2.13. The van der Waals surface area contributed by atoms with Crippen LogP contribution >= 0.6 is 0 Å². The van der Waals surface area contributed by atoms with Crippen LogP contribution in [0.15, 0.2) is 60.8 Å². The summed E-state index contributed by atoms with van der Waals surface area (Å²) in [5.74, 6) is -0.630. The van der Waals surface area contributed by atoms with Crippen molar-refractivity contribution in [1.82, 2.24) is 14.7 Å². The Morgan fingerprint density at radius 3 is 2.68 bits per heavy atom. The number of nitrogens with one attached hydrogen (secondary N) is 1. The molecule has 2 heterocycles. The maximum absolute atomic E-state index is 13.4. The summed E-state index contributed by atoms with van der Waals surface area (Å²) >= 11 is 0. The molecule has 0 spiro atoms. The maximum Gasteiger partial charge on any atom is 0.276 e. The summed E-state index contributed by atoms with van der Waals surface area (Å²) in [6, 6.07) is 15.6. The summed E-state index contributed by atoms with van der Waals surface area (Å²) in [5, 5.41) is 7.17. The van der Waals surface area contributed by atoms with Crippen LogP contribution in [0.2, 0.25) is 0 Å². The van der Waals surface area contributed by atoms with E-state index in [1.807, 2.05) is 18.2 Å². The van der Waals surface area contributed by atoms with Crippen LogP contribution in [0.1, 0.15) is 35.3 Å². The van der Waals surface area contributed by atoms with Crippen LogP contribution in [0.4, 0.5) is 10.1 Å². The van der Waals surface area contributed by atoms with Gasteiger partial charge in [-0.2, -0.15) is 5.10 Å². The molecular weight excluding hydrogens is 355 g/mol. The van der Waals surface area contributed by atoms with Crippen molar-refractivity contribution in [2.24, 2.45) is 0 Å². The van der Waals surface area contributed by atoms with Crippen molar-refractivity contribution >= 4 is 11.6 Å². The van der Waals surface area contributed by atoms with Gasteiger partial charge in [-0.1, -0.05) is 24.6 Å². The first kappa shape index (κ1) is 18.4. The number of nitrogens with zero attached hydrogens (tertiary/aromatic N) is 3. The molecule has 5 nitrogen and oxygen atoms in total. The number of rotatable bonds is 5. The number of benzene rings is 2. The number of anilines is 1. The highest BCUT2D eigenvalue weighted by atomic mass is 19.1. The molecule has 1 aliphatic heterocycles. The zero-order valence-electron chi connectivity index (χ0n) is 15.6. The second-order valence-corrected chi connectivity index (χ2v) is 7.12. The number of carbonyl (C=O) groups excluding carboxylic acids is 1. The molecule has 1 saturated heterocycles. The molecular formula is C22H23FN4O. The first-order valence-corrected chi connectivity index (χ1v) is 9.62. The Kier molecular flexibility index (Phi) is 5.48. The van der Waals surface area contributed by atoms with Gasteiger partial charge in [-0.3, -0.25) is 9.69 Å². The van der Waals surface area contributed by atoms with Gasteiger partial charge in [0.25, 0.3) is 5.91 Å². The van der Waals surface area contributed by atoms with E-state index in [0.717, 1.165) is 25.3 Å². The predicted molar refractivity (Wildman–Crippen MR) is 107 cm³/mol. The molecule has 144 valence electrons. The van der Waals surface area contributed by atoms with Crippen molar-refractivity contribution in [3.8, 4) is 5.69 Å². The SMILES string of the molecule is O=C(Nc1cccc(CN2CCCCC2)c1)c1ccn(-c2cccc(F)c2)n1. The summed E-state index contributed by atoms with van der Waals surface area (Å²) in [6.45, 7) is 3.17. The lowest BCUT2D eigenvalue weighted by Gasteiger charge is -2.26. The highest BCUT2D eigenvalue weighted by Crippen LogP contribution is 2.17. The fourth-order valence-corrected chi connectivity index (χ4v) is 3.53. The number of amides is 1. The molecule has 0 bridgehead atoms. The van der Waals surface area contributed by atoms with Crippen molar-refractivity contribution < 1.29 is 9.18 Å². The molecule has 4 rings (SSSR count). The van der Waals surface area contributed by atoms with Crippen molar-refractivity contribution in [3.05, 3.63) is 77.9 Å². The molecule has 0 radical (unpaired) electrons. The van der Waals surface area contributed by atoms with Crippen LogP contribution in [0.25, 0.3) is 5.69 Å². The number of hydrogen-bond acceptors (Lipinski definition) is 3. The van der Waals surface area contributed by atoms with Crippen LogP contribution in [0, 0.1) is 5.82 Å². The van der Waals surface area contributed by atoms with Gasteiger partial charge >= 0.3 is 0 Å². The van der Waals surface area contributed by atoms with Crippen LogP contribution < -0.4 is 5.32 Å². The van der Waals surface area contributed by atoms with Gasteiger partial charge < -0.3 is 5.32 Å². The first-order chi connectivity index (χ1) is 13.7. The van der Waals surface area contributed by atoms with Crippen molar-refractivity contribution in [2.45, 2.75) is 25.8 Å². The zero-order valence-corrected chi connectivity index (χ0v) is 15.6. The first-order valence-electron chi connectivity index (χ1n) is 9.62. The van der Waals surface area contributed by atoms with Crippen LogP contribution in [-0.4, -0.2) is 33.7 Å². The largest absolute Gasteiger partial charge is 0.321 e. The van der Waals surface area contributed by atoms with Gasteiger partial charge in [0.05, 0.1) is 5.69 Å². The third-order valence-corrected chi connectivity index (χ3v) is 4.93. The summed E-state index contributed by atoms with van der Waals surface area (Å²) in [7, 11) is 0. The Morgan fingerprint density at radius 1 is 1.04 bits per heavy atom. The highest BCUT2D eigenvalue weighted by molar-refractivity contribution is 6.02. The molecule has 6 heteroatoms. The second-order valence-electron chi connectivity index (χ2n) is 7.12. The lowest BCUT2D eigenvalue weighted by atomic mass is 10.1. The van der Waals surface area contributed by atoms with Gasteiger partial charge in [-0.15, -0.1) is 0 Å². The number of aromatic nitrogens is 2. The van der Waals surface area contributed by atoms with E-state index < -0.39 is 0 Å². The molecule has 1 N–H and O–H groups in total. The molecule has 0 unspecified atom stereocenters. The minimum atomic E-state index is -0.343. The number of halogens is 1.